The van der Waals surface area contributed by atoms with E-state index in [2.05, 4.69) is 31.0 Å². The van der Waals surface area contributed by atoms with E-state index < -0.39 is 11.4 Å². The number of benzene rings is 1. The predicted molar refractivity (Wildman–Crippen MR) is 106 cm³/mol. The summed E-state index contributed by atoms with van der Waals surface area (Å²) >= 11 is 3.21. The Morgan fingerprint density at radius 1 is 1.21 bits per heavy atom. The number of carbonyl (C=O) groups is 1. The van der Waals surface area contributed by atoms with Crippen LogP contribution in [0.4, 0.5) is 15.1 Å². The third kappa shape index (κ3) is 3.36. The average Bonchev–Trinajstić information content (AvgIpc) is 3.12. The van der Waals surface area contributed by atoms with Gasteiger partial charge in [-0.05, 0) is 48.8 Å². The molecule has 0 aliphatic carbocycles. The minimum absolute atomic E-state index is 0.322. The molecule has 8 nitrogen and oxygen atoms in total. The fourth-order valence-corrected chi connectivity index (χ4v) is 3.51. The van der Waals surface area contributed by atoms with Crippen LogP contribution in [0.3, 0.4) is 0 Å². The summed E-state index contributed by atoms with van der Waals surface area (Å²) in [7, 11) is 0. The molecule has 1 aliphatic heterocycles. The maximum absolute atomic E-state index is 14.6. The first-order valence-electron chi connectivity index (χ1n) is 8.95. The van der Waals surface area contributed by atoms with Gasteiger partial charge in [0.25, 0.3) is 0 Å². The van der Waals surface area contributed by atoms with E-state index in [0.29, 0.717) is 53.2 Å². The summed E-state index contributed by atoms with van der Waals surface area (Å²) in [5.74, 6) is 0.162. The molecule has 0 saturated carbocycles. The normalized spacial score (nSPS) is 15.5. The molecule has 0 bridgehead atoms. The Kier molecular flexibility index (Phi) is 4.60. The Morgan fingerprint density at radius 3 is 2.61 bits per heavy atom. The quantitative estimate of drug-likeness (QED) is 0.566. The Morgan fingerprint density at radius 2 is 1.93 bits per heavy atom. The molecule has 0 N–H and O–H groups in total. The van der Waals surface area contributed by atoms with Crippen LogP contribution in [-0.4, -0.2) is 62.4 Å². The number of rotatable bonds is 1. The lowest BCUT2D eigenvalue weighted by Crippen LogP contribution is -2.50. The predicted octanol–water partition coefficient (Wildman–Crippen LogP) is 3.24. The highest BCUT2D eigenvalue weighted by Gasteiger charge is 2.28. The van der Waals surface area contributed by atoms with Gasteiger partial charge in [-0.3, -0.25) is 0 Å². The zero-order valence-electron chi connectivity index (χ0n) is 15.8. The van der Waals surface area contributed by atoms with Crippen molar-refractivity contribution in [3.63, 3.8) is 0 Å². The number of hydrogen-bond acceptors (Lipinski definition) is 6. The highest BCUT2D eigenvalue weighted by molar-refractivity contribution is 9.10. The van der Waals surface area contributed by atoms with Crippen molar-refractivity contribution in [2.24, 2.45) is 0 Å². The van der Waals surface area contributed by atoms with Crippen molar-refractivity contribution in [3.05, 3.63) is 28.7 Å². The molecule has 0 unspecified atom stereocenters. The summed E-state index contributed by atoms with van der Waals surface area (Å²) in [5, 5.41) is 4.55. The molecule has 1 saturated heterocycles. The minimum Gasteiger partial charge on any atom is -0.444 e. The van der Waals surface area contributed by atoms with Gasteiger partial charge in [0.1, 0.15) is 11.9 Å². The lowest BCUT2D eigenvalue weighted by Gasteiger charge is -2.36. The lowest BCUT2D eigenvalue weighted by molar-refractivity contribution is 0.0240. The van der Waals surface area contributed by atoms with E-state index in [4.69, 9.17) is 4.74 Å². The van der Waals surface area contributed by atoms with E-state index in [0.717, 1.165) is 0 Å². The zero-order chi connectivity index (χ0) is 20.1. The SMILES string of the molecule is CC(C)(C)OC(=O)N1CCN(c2nc3ccc(Br)c(F)c3c3ncnn23)CC1. The van der Waals surface area contributed by atoms with Gasteiger partial charge >= 0.3 is 6.09 Å². The largest absolute Gasteiger partial charge is 0.444 e. The Labute approximate surface area is 169 Å². The molecule has 0 atom stereocenters. The topological polar surface area (TPSA) is 75.9 Å². The number of piperazine rings is 1. The molecule has 0 spiro atoms. The van der Waals surface area contributed by atoms with Crippen molar-refractivity contribution >= 4 is 44.5 Å². The molecule has 3 aromatic rings. The van der Waals surface area contributed by atoms with Crippen LogP contribution in [-0.2, 0) is 4.74 Å². The third-order valence-electron chi connectivity index (χ3n) is 4.47. The van der Waals surface area contributed by atoms with Gasteiger partial charge in [-0.2, -0.15) is 9.61 Å². The second-order valence-electron chi connectivity index (χ2n) is 7.62. The molecular weight excluding hydrogens is 431 g/mol. The van der Waals surface area contributed by atoms with Gasteiger partial charge in [-0.15, -0.1) is 0 Å². The van der Waals surface area contributed by atoms with Crippen LogP contribution in [0.1, 0.15) is 20.8 Å². The highest BCUT2D eigenvalue weighted by atomic mass is 79.9. The fourth-order valence-electron chi connectivity index (χ4n) is 3.18. The van der Waals surface area contributed by atoms with Gasteiger partial charge in [0.2, 0.25) is 5.95 Å². The van der Waals surface area contributed by atoms with Crippen LogP contribution < -0.4 is 4.90 Å². The molecule has 2 aromatic heterocycles. The minimum atomic E-state index is -0.528. The number of fused-ring (bicyclic) bond motifs is 3. The smallest absolute Gasteiger partial charge is 0.410 e. The second-order valence-corrected chi connectivity index (χ2v) is 8.47. The molecule has 4 rings (SSSR count). The summed E-state index contributed by atoms with van der Waals surface area (Å²) in [6.45, 7) is 7.66. The summed E-state index contributed by atoms with van der Waals surface area (Å²) in [6, 6.07) is 3.37. The molecule has 148 valence electrons. The molecule has 0 radical (unpaired) electrons. The van der Waals surface area contributed by atoms with E-state index in [1.807, 2.05) is 25.7 Å². The van der Waals surface area contributed by atoms with Crippen LogP contribution >= 0.6 is 15.9 Å². The van der Waals surface area contributed by atoms with Crippen LogP contribution in [0.25, 0.3) is 16.6 Å². The number of carbonyl (C=O) groups excluding carboxylic acids is 1. The van der Waals surface area contributed by atoms with Crippen molar-refractivity contribution in [1.29, 1.82) is 0 Å². The number of nitrogens with zero attached hydrogens (tertiary/aromatic N) is 6. The lowest BCUT2D eigenvalue weighted by atomic mass is 10.2. The Balaban J connectivity index is 1.63. The van der Waals surface area contributed by atoms with Crippen LogP contribution in [0.5, 0.6) is 0 Å². The van der Waals surface area contributed by atoms with Gasteiger partial charge in [0, 0.05) is 26.2 Å². The standard InChI is InChI=1S/C18H20BrFN6O2/c1-18(2,3)28-17(27)25-8-6-24(7-9-25)16-23-12-5-4-11(19)14(20)13(12)15-21-10-22-26(15)16/h4-5,10H,6-9H2,1-3H3. The molecule has 1 amide bonds. The first-order chi connectivity index (χ1) is 13.2. The van der Waals surface area contributed by atoms with Crippen molar-refractivity contribution in [1.82, 2.24) is 24.5 Å². The molecule has 1 aromatic carbocycles. The third-order valence-corrected chi connectivity index (χ3v) is 5.08. The summed E-state index contributed by atoms with van der Waals surface area (Å²) < 4.78 is 21.9. The number of ether oxygens (including phenoxy) is 1. The second kappa shape index (κ2) is 6.84. The van der Waals surface area contributed by atoms with E-state index in [9.17, 15) is 9.18 Å². The first kappa shape index (κ1) is 18.9. The van der Waals surface area contributed by atoms with Gasteiger partial charge in [-0.25, -0.2) is 19.2 Å². The molecule has 28 heavy (non-hydrogen) atoms. The average molecular weight is 451 g/mol. The first-order valence-corrected chi connectivity index (χ1v) is 9.74. The van der Waals surface area contributed by atoms with Gasteiger partial charge in [0.05, 0.1) is 15.4 Å². The summed E-state index contributed by atoms with van der Waals surface area (Å²) in [4.78, 5) is 24.8. The fraction of sp³-hybridized carbons (Fsp3) is 0.444. The molecule has 3 heterocycles. The van der Waals surface area contributed by atoms with Crippen molar-refractivity contribution < 1.29 is 13.9 Å². The van der Waals surface area contributed by atoms with E-state index in [1.165, 1.54) is 6.33 Å². The van der Waals surface area contributed by atoms with Gasteiger partial charge in [-0.1, -0.05) is 0 Å². The highest BCUT2D eigenvalue weighted by Crippen LogP contribution is 2.29. The van der Waals surface area contributed by atoms with Gasteiger partial charge < -0.3 is 14.5 Å². The van der Waals surface area contributed by atoms with Crippen LogP contribution in [0, 0.1) is 5.82 Å². The van der Waals surface area contributed by atoms with Crippen LogP contribution in [0.15, 0.2) is 22.9 Å². The van der Waals surface area contributed by atoms with E-state index in [-0.39, 0.29) is 6.09 Å². The summed E-state index contributed by atoms with van der Waals surface area (Å²) in [5.41, 5.74) is 0.387. The maximum Gasteiger partial charge on any atom is 0.410 e. The van der Waals surface area contributed by atoms with Crippen molar-refractivity contribution in [2.75, 3.05) is 31.1 Å². The van der Waals surface area contributed by atoms with Gasteiger partial charge in [0.15, 0.2) is 11.5 Å². The van der Waals surface area contributed by atoms with Crippen LogP contribution in [0.2, 0.25) is 0 Å². The number of hydrogen-bond donors (Lipinski definition) is 0. The Hall–Kier alpha value is -2.49. The number of aromatic nitrogens is 4. The number of anilines is 1. The number of halogens is 2. The maximum atomic E-state index is 14.6. The monoisotopic (exact) mass is 450 g/mol. The van der Waals surface area contributed by atoms with E-state index in [1.54, 1.807) is 21.5 Å². The molecular formula is C18H20BrFN6O2. The Bertz CT molecular complexity index is 1060. The summed E-state index contributed by atoms with van der Waals surface area (Å²) in [6.07, 6.45) is 1.06. The molecule has 1 fully saturated rings. The zero-order valence-corrected chi connectivity index (χ0v) is 17.4. The molecule has 1 aliphatic rings. The van der Waals surface area contributed by atoms with E-state index >= 15 is 0 Å². The molecule has 10 heteroatoms. The number of amides is 1. The van der Waals surface area contributed by atoms with Crippen molar-refractivity contribution in [3.8, 4) is 0 Å². The van der Waals surface area contributed by atoms with Crippen molar-refractivity contribution in [2.45, 2.75) is 26.4 Å².